The lowest BCUT2D eigenvalue weighted by Crippen LogP contribution is -2.29. The van der Waals surface area contributed by atoms with Gasteiger partial charge in [0.1, 0.15) is 0 Å². The van der Waals surface area contributed by atoms with E-state index >= 15 is 0 Å². The van der Waals surface area contributed by atoms with Gasteiger partial charge in [0, 0.05) is 12.8 Å². The van der Waals surface area contributed by atoms with Crippen LogP contribution in [0, 0.1) is 0 Å². The fourth-order valence-corrected chi connectivity index (χ4v) is 1.36. The summed E-state index contributed by atoms with van der Waals surface area (Å²) < 4.78 is 0. The van der Waals surface area contributed by atoms with Gasteiger partial charge in [-0.05, 0) is 19.3 Å². The molecule has 114 valence electrons. The Hall–Kier alpha value is -1.14. The minimum absolute atomic E-state index is 0.0628. The Kier molecular flexibility index (Phi) is 15.8. The summed E-state index contributed by atoms with van der Waals surface area (Å²) in [6, 6.07) is 0. The minimum Gasteiger partial charge on any atom is -0.481 e. The van der Waals surface area contributed by atoms with Crippen LogP contribution in [-0.4, -0.2) is 28.3 Å². The van der Waals surface area contributed by atoms with E-state index in [1.165, 1.54) is 25.7 Å². The molecule has 0 aromatic heterocycles. The van der Waals surface area contributed by atoms with Crippen LogP contribution in [0.2, 0.25) is 0 Å². The normalized spacial score (nSPS) is 9.89. The molecular formula is C13H28N2O4. The highest BCUT2D eigenvalue weighted by Gasteiger charge is 1.99. The second kappa shape index (κ2) is 14.9. The molecule has 19 heavy (non-hydrogen) atoms. The smallest absolute Gasteiger partial charge is 0.303 e. The molecule has 0 aliphatic heterocycles. The van der Waals surface area contributed by atoms with E-state index in [0.717, 1.165) is 6.42 Å². The van der Waals surface area contributed by atoms with Crippen molar-refractivity contribution in [3.63, 3.8) is 0 Å². The third-order valence-corrected chi connectivity index (χ3v) is 2.42. The lowest BCUT2D eigenvalue weighted by Gasteiger charge is -2.02. The number of unbranched alkanes of at least 4 members (excludes halogenated alkanes) is 4. The van der Waals surface area contributed by atoms with Crippen LogP contribution in [-0.2, 0) is 9.59 Å². The molecule has 6 N–H and O–H groups in total. The summed E-state index contributed by atoms with van der Waals surface area (Å²) >= 11 is 0. The van der Waals surface area contributed by atoms with E-state index in [1.807, 2.05) is 0 Å². The van der Waals surface area contributed by atoms with Crippen molar-refractivity contribution in [2.45, 2.75) is 70.9 Å². The van der Waals surface area contributed by atoms with Crippen LogP contribution in [0.25, 0.3) is 0 Å². The predicted molar refractivity (Wildman–Crippen MR) is 74.7 cm³/mol. The van der Waals surface area contributed by atoms with Crippen molar-refractivity contribution in [3.8, 4) is 0 Å². The van der Waals surface area contributed by atoms with E-state index in [4.69, 9.17) is 21.7 Å². The molecule has 0 amide bonds. The van der Waals surface area contributed by atoms with Gasteiger partial charge in [-0.15, -0.1) is 0 Å². The van der Waals surface area contributed by atoms with Crippen LogP contribution in [0.4, 0.5) is 0 Å². The fraction of sp³-hybridized carbons (Fsp3) is 0.846. The first-order chi connectivity index (χ1) is 8.90. The maximum atomic E-state index is 9.90. The molecule has 0 saturated heterocycles. The summed E-state index contributed by atoms with van der Waals surface area (Å²) in [6.45, 7) is 2.20. The average molecular weight is 276 g/mol. The number of hydrogen-bond donors (Lipinski definition) is 4. The predicted octanol–water partition coefficient (Wildman–Crippen LogP) is 1.92. The van der Waals surface area contributed by atoms with Gasteiger partial charge in [-0.25, -0.2) is 0 Å². The summed E-state index contributed by atoms with van der Waals surface area (Å²) in [5.41, 5.74) is 10.7. The molecule has 0 rings (SSSR count). The van der Waals surface area contributed by atoms with Crippen LogP contribution in [0.15, 0.2) is 0 Å². The van der Waals surface area contributed by atoms with Crippen LogP contribution in [0.1, 0.15) is 64.7 Å². The van der Waals surface area contributed by atoms with E-state index in [0.29, 0.717) is 12.8 Å². The Labute approximate surface area is 115 Å². The van der Waals surface area contributed by atoms with Crippen LogP contribution in [0.3, 0.4) is 0 Å². The first-order valence-corrected chi connectivity index (χ1v) is 6.84. The monoisotopic (exact) mass is 276 g/mol. The molecule has 6 heteroatoms. The van der Waals surface area contributed by atoms with Gasteiger partial charge in [0.15, 0.2) is 0 Å². The van der Waals surface area contributed by atoms with E-state index in [1.54, 1.807) is 0 Å². The Morgan fingerprint density at radius 1 is 0.895 bits per heavy atom. The van der Waals surface area contributed by atoms with Gasteiger partial charge in [-0.3, -0.25) is 9.59 Å². The molecule has 0 spiro atoms. The standard InChI is InChI=1S/C7H18N2.C6H10O4/c1-2-3-4-5-6-7(8)9;7-5(8)3-1-2-4-6(9)10/h7H,2-6,8-9H2,1H3;1-4H2,(H,7,8)(H,9,10). The summed E-state index contributed by atoms with van der Waals surface area (Å²) in [7, 11) is 0. The summed E-state index contributed by atoms with van der Waals surface area (Å²) in [5.74, 6) is -1.74. The molecule has 0 radical (unpaired) electrons. The van der Waals surface area contributed by atoms with Crippen molar-refractivity contribution in [2.75, 3.05) is 0 Å². The van der Waals surface area contributed by atoms with Gasteiger partial charge in [0.05, 0.1) is 6.17 Å². The van der Waals surface area contributed by atoms with Crippen molar-refractivity contribution in [3.05, 3.63) is 0 Å². The fourth-order valence-electron chi connectivity index (χ4n) is 1.36. The summed E-state index contributed by atoms with van der Waals surface area (Å²) in [6.07, 6.45) is 6.95. The van der Waals surface area contributed by atoms with Crippen molar-refractivity contribution >= 4 is 11.9 Å². The number of carboxylic acid groups (broad SMARTS) is 2. The third-order valence-electron chi connectivity index (χ3n) is 2.42. The zero-order valence-corrected chi connectivity index (χ0v) is 11.8. The highest BCUT2D eigenvalue weighted by atomic mass is 16.4. The van der Waals surface area contributed by atoms with Crippen LogP contribution in [0.5, 0.6) is 0 Å². The molecule has 6 nitrogen and oxygen atoms in total. The van der Waals surface area contributed by atoms with Gasteiger partial charge in [0.25, 0.3) is 0 Å². The van der Waals surface area contributed by atoms with Gasteiger partial charge in [-0.1, -0.05) is 32.6 Å². The van der Waals surface area contributed by atoms with E-state index in [9.17, 15) is 9.59 Å². The Morgan fingerprint density at radius 3 is 1.68 bits per heavy atom. The first kappa shape index (κ1) is 20.2. The van der Waals surface area contributed by atoms with Gasteiger partial charge in [-0.2, -0.15) is 0 Å². The van der Waals surface area contributed by atoms with E-state index < -0.39 is 11.9 Å². The lowest BCUT2D eigenvalue weighted by molar-refractivity contribution is -0.139. The zero-order chi connectivity index (χ0) is 15.1. The van der Waals surface area contributed by atoms with Crippen molar-refractivity contribution < 1.29 is 19.8 Å². The topological polar surface area (TPSA) is 127 Å². The first-order valence-electron chi connectivity index (χ1n) is 6.84. The van der Waals surface area contributed by atoms with Gasteiger partial charge in [0.2, 0.25) is 0 Å². The van der Waals surface area contributed by atoms with Crippen molar-refractivity contribution in [2.24, 2.45) is 11.5 Å². The lowest BCUT2D eigenvalue weighted by atomic mass is 10.1. The molecule has 0 saturated carbocycles. The maximum absolute atomic E-state index is 9.90. The average Bonchev–Trinajstić information content (AvgIpc) is 2.30. The second-order valence-corrected chi connectivity index (χ2v) is 4.51. The molecule has 0 aromatic rings. The van der Waals surface area contributed by atoms with Crippen molar-refractivity contribution in [1.29, 1.82) is 0 Å². The molecule has 0 aliphatic carbocycles. The van der Waals surface area contributed by atoms with Gasteiger partial charge < -0.3 is 21.7 Å². The number of nitrogens with two attached hydrogens (primary N) is 2. The summed E-state index contributed by atoms with van der Waals surface area (Å²) in [5, 5.41) is 16.3. The number of rotatable bonds is 10. The third kappa shape index (κ3) is 26.5. The molecule has 0 aliphatic rings. The van der Waals surface area contributed by atoms with E-state index in [2.05, 4.69) is 6.92 Å². The molecule has 0 aromatic carbocycles. The number of carboxylic acids is 2. The van der Waals surface area contributed by atoms with E-state index in [-0.39, 0.29) is 19.0 Å². The Morgan fingerprint density at radius 2 is 1.37 bits per heavy atom. The second-order valence-electron chi connectivity index (χ2n) is 4.51. The summed E-state index contributed by atoms with van der Waals surface area (Å²) in [4.78, 5) is 19.8. The molecule has 0 fully saturated rings. The van der Waals surface area contributed by atoms with Crippen LogP contribution >= 0.6 is 0 Å². The number of hydrogen-bond acceptors (Lipinski definition) is 4. The molecule has 0 heterocycles. The van der Waals surface area contributed by atoms with Crippen LogP contribution < -0.4 is 11.5 Å². The maximum Gasteiger partial charge on any atom is 0.303 e. The number of carbonyl (C=O) groups is 2. The Bertz CT molecular complexity index is 217. The Balaban J connectivity index is 0. The van der Waals surface area contributed by atoms with Gasteiger partial charge >= 0.3 is 11.9 Å². The molecule has 0 atom stereocenters. The molecular weight excluding hydrogens is 248 g/mol. The SMILES string of the molecule is CCCCCCC(N)N.O=C(O)CCCCC(=O)O. The quantitative estimate of drug-likeness (QED) is 0.356. The van der Waals surface area contributed by atoms with Crippen molar-refractivity contribution in [1.82, 2.24) is 0 Å². The largest absolute Gasteiger partial charge is 0.481 e. The minimum atomic E-state index is -0.870. The molecule has 0 bridgehead atoms. The number of aliphatic carboxylic acids is 2. The molecule has 0 unspecified atom stereocenters. The highest BCUT2D eigenvalue weighted by Crippen LogP contribution is 2.01. The highest BCUT2D eigenvalue weighted by molar-refractivity contribution is 5.67. The zero-order valence-electron chi connectivity index (χ0n) is 11.8.